The van der Waals surface area contributed by atoms with Gasteiger partial charge in [0.2, 0.25) is 0 Å². The van der Waals surface area contributed by atoms with E-state index in [0.29, 0.717) is 53.6 Å². The molecule has 5 fully saturated rings. The Kier molecular flexibility index (Phi) is 6.10. The molecule has 2 bridgehead atoms. The molecule has 0 amide bonds. The SMILES string of the molecule is Oc1cc(Cl)c(C2CC2)c(-c2c(F)cc3c(N4CC5CCC(C4)N5)nc(OCC45CCCN4CCC5)nc3c2F)c1. The first-order valence-electron chi connectivity index (χ1n) is 15.0. The molecule has 1 aliphatic carbocycles. The van der Waals surface area contributed by atoms with Crippen molar-refractivity contribution in [2.45, 2.75) is 74.9 Å². The normalized spacial score (nSPS) is 25.3. The van der Waals surface area contributed by atoms with Crippen LogP contribution in [-0.4, -0.2) is 70.4 Å². The zero-order valence-corrected chi connectivity index (χ0v) is 23.7. The van der Waals surface area contributed by atoms with Gasteiger partial charge in [0, 0.05) is 35.6 Å². The molecule has 3 aromatic rings. The average molecular weight is 582 g/mol. The first kappa shape index (κ1) is 25.9. The number of ether oxygens (including phenoxy) is 1. The topological polar surface area (TPSA) is 73.8 Å². The molecule has 5 aliphatic rings. The minimum atomic E-state index is -0.781. The van der Waals surface area contributed by atoms with Crippen LogP contribution in [0.15, 0.2) is 18.2 Å². The molecule has 1 saturated carbocycles. The van der Waals surface area contributed by atoms with Crippen LogP contribution >= 0.6 is 11.6 Å². The number of phenols is 1. The smallest absolute Gasteiger partial charge is 0.319 e. The van der Waals surface area contributed by atoms with Crippen molar-refractivity contribution in [1.29, 1.82) is 0 Å². The standard InChI is InChI=1S/C31H34ClF2N5O2/c32-23-12-20(40)11-21(25(23)17-3-4-17)26-24(33)13-22-28(27(26)34)36-30(41-16-31-7-1-9-39(31)10-2-8-31)37-29(22)38-14-18-5-6-19(15-38)35-18/h11-13,17-19,35,40H,1-10,14-16H2. The molecule has 2 aromatic carbocycles. The monoisotopic (exact) mass is 581 g/mol. The minimum absolute atomic E-state index is 0.0172. The molecule has 216 valence electrons. The summed E-state index contributed by atoms with van der Waals surface area (Å²) in [6, 6.07) is 4.96. The number of nitrogens with one attached hydrogen (secondary N) is 1. The number of piperazine rings is 1. The highest BCUT2D eigenvalue weighted by molar-refractivity contribution is 6.32. The van der Waals surface area contributed by atoms with Gasteiger partial charge in [-0.2, -0.15) is 9.97 Å². The highest BCUT2D eigenvalue weighted by Gasteiger charge is 2.45. The Hall–Kier alpha value is -2.75. The lowest BCUT2D eigenvalue weighted by Gasteiger charge is -2.35. The van der Waals surface area contributed by atoms with E-state index in [1.165, 1.54) is 18.2 Å². The number of benzene rings is 2. The summed E-state index contributed by atoms with van der Waals surface area (Å²) in [5.74, 6) is -1.01. The van der Waals surface area contributed by atoms with E-state index in [1.807, 2.05) is 0 Å². The summed E-state index contributed by atoms with van der Waals surface area (Å²) >= 11 is 6.51. The fourth-order valence-corrected chi connectivity index (χ4v) is 8.31. The van der Waals surface area contributed by atoms with E-state index in [0.717, 1.165) is 64.5 Å². The second kappa shape index (κ2) is 9.64. The molecule has 0 spiro atoms. The Labute approximate surface area is 242 Å². The van der Waals surface area contributed by atoms with Crippen molar-refractivity contribution in [2.75, 3.05) is 37.7 Å². The van der Waals surface area contributed by atoms with E-state index in [-0.39, 0.29) is 39.9 Å². The number of rotatable bonds is 6. The van der Waals surface area contributed by atoms with Crippen LogP contribution in [0.4, 0.5) is 14.6 Å². The summed E-state index contributed by atoms with van der Waals surface area (Å²) in [7, 11) is 0. The zero-order chi connectivity index (χ0) is 27.9. The lowest BCUT2D eigenvalue weighted by Crippen LogP contribution is -2.51. The second-order valence-corrected chi connectivity index (χ2v) is 13.1. The third-order valence-corrected chi connectivity index (χ3v) is 10.3. The zero-order valence-electron chi connectivity index (χ0n) is 22.9. The fraction of sp³-hybridized carbons (Fsp3) is 0.548. The molecular weight excluding hydrogens is 548 g/mol. The van der Waals surface area contributed by atoms with Gasteiger partial charge in [0.25, 0.3) is 0 Å². The predicted octanol–water partition coefficient (Wildman–Crippen LogP) is 5.76. The van der Waals surface area contributed by atoms with Crippen molar-refractivity contribution in [3.8, 4) is 22.9 Å². The van der Waals surface area contributed by atoms with Crippen molar-refractivity contribution in [3.63, 3.8) is 0 Å². The number of nitrogens with zero attached hydrogens (tertiary/aromatic N) is 4. The molecule has 7 nitrogen and oxygen atoms in total. The molecule has 2 unspecified atom stereocenters. The Morgan fingerprint density at radius 2 is 1.76 bits per heavy atom. The van der Waals surface area contributed by atoms with Gasteiger partial charge in [-0.05, 0) is 99.7 Å². The summed E-state index contributed by atoms with van der Waals surface area (Å²) in [6.45, 7) is 4.01. The number of hydrogen-bond donors (Lipinski definition) is 2. The lowest BCUT2D eigenvalue weighted by molar-refractivity contribution is 0.108. The van der Waals surface area contributed by atoms with Crippen LogP contribution in [0.5, 0.6) is 11.8 Å². The highest BCUT2D eigenvalue weighted by Crippen LogP contribution is 2.50. The van der Waals surface area contributed by atoms with Crippen LogP contribution in [0.25, 0.3) is 22.0 Å². The number of halogens is 3. The van der Waals surface area contributed by atoms with Gasteiger partial charge in [-0.15, -0.1) is 0 Å². The quantitative estimate of drug-likeness (QED) is 0.383. The van der Waals surface area contributed by atoms with Gasteiger partial charge in [-0.1, -0.05) is 11.6 Å². The van der Waals surface area contributed by atoms with Crippen molar-refractivity contribution in [1.82, 2.24) is 20.2 Å². The average Bonchev–Trinajstić information content (AvgIpc) is 3.43. The maximum Gasteiger partial charge on any atom is 0.319 e. The van der Waals surface area contributed by atoms with Gasteiger partial charge in [0.05, 0.1) is 11.1 Å². The molecule has 8 rings (SSSR count). The molecule has 4 aliphatic heterocycles. The minimum Gasteiger partial charge on any atom is -0.508 e. The lowest BCUT2D eigenvalue weighted by atomic mass is 9.94. The first-order valence-corrected chi connectivity index (χ1v) is 15.4. The Morgan fingerprint density at radius 1 is 1.02 bits per heavy atom. The predicted molar refractivity (Wildman–Crippen MR) is 154 cm³/mol. The largest absolute Gasteiger partial charge is 0.508 e. The number of aromatic nitrogens is 2. The number of phenolic OH excluding ortho intramolecular Hbond substituents is 1. The molecule has 41 heavy (non-hydrogen) atoms. The summed E-state index contributed by atoms with van der Waals surface area (Å²) in [5, 5.41) is 14.6. The van der Waals surface area contributed by atoms with E-state index >= 15 is 8.78 Å². The van der Waals surface area contributed by atoms with Crippen LogP contribution in [-0.2, 0) is 0 Å². The van der Waals surface area contributed by atoms with Crippen LogP contribution in [0.2, 0.25) is 5.02 Å². The van der Waals surface area contributed by atoms with Crippen LogP contribution in [0.3, 0.4) is 0 Å². The summed E-state index contributed by atoms with van der Waals surface area (Å²) in [6.07, 6.45) is 8.35. The fourth-order valence-electron chi connectivity index (χ4n) is 7.94. The highest BCUT2D eigenvalue weighted by atomic mass is 35.5. The van der Waals surface area contributed by atoms with Gasteiger partial charge in [0.1, 0.15) is 29.5 Å². The third kappa shape index (κ3) is 4.34. The Bertz CT molecular complexity index is 1530. The summed E-state index contributed by atoms with van der Waals surface area (Å²) in [5.41, 5.74) is 0.748. The van der Waals surface area contributed by atoms with Crippen LogP contribution in [0.1, 0.15) is 62.8 Å². The Balaban J connectivity index is 1.27. The van der Waals surface area contributed by atoms with Gasteiger partial charge in [-0.25, -0.2) is 8.78 Å². The first-order chi connectivity index (χ1) is 19.9. The number of anilines is 1. The van der Waals surface area contributed by atoms with Gasteiger partial charge in [-0.3, -0.25) is 4.90 Å². The van der Waals surface area contributed by atoms with E-state index in [1.54, 1.807) is 0 Å². The second-order valence-electron chi connectivity index (χ2n) is 12.7. The number of fused-ring (bicyclic) bond motifs is 4. The maximum atomic E-state index is 16.6. The molecule has 1 aromatic heterocycles. The van der Waals surface area contributed by atoms with E-state index < -0.39 is 11.6 Å². The maximum absolute atomic E-state index is 16.6. The molecule has 10 heteroatoms. The molecule has 0 radical (unpaired) electrons. The number of hydrogen-bond acceptors (Lipinski definition) is 7. The molecule has 2 N–H and O–H groups in total. The van der Waals surface area contributed by atoms with Gasteiger partial charge in [0.15, 0.2) is 5.82 Å². The van der Waals surface area contributed by atoms with Crippen molar-refractivity contribution in [2.24, 2.45) is 0 Å². The molecule has 4 saturated heterocycles. The number of aromatic hydroxyl groups is 1. The van der Waals surface area contributed by atoms with E-state index in [4.69, 9.17) is 21.3 Å². The van der Waals surface area contributed by atoms with Gasteiger partial charge < -0.3 is 20.1 Å². The van der Waals surface area contributed by atoms with Crippen molar-refractivity contribution >= 4 is 28.3 Å². The van der Waals surface area contributed by atoms with Gasteiger partial charge >= 0.3 is 6.01 Å². The molecule has 5 heterocycles. The Morgan fingerprint density at radius 3 is 2.46 bits per heavy atom. The van der Waals surface area contributed by atoms with E-state index in [9.17, 15) is 5.11 Å². The summed E-state index contributed by atoms with van der Waals surface area (Å²) in [4.78, 5) is 14.0. The summed E-state index contributed by atoms with van der Waals surface area (Å²) < 4.78 is 39.0. The molecule has 2 atom stereocenters. The van der Waals surface area contributed by atoms with Crippen LogP contribution in [0, 0.1) is 11.6 Å². The third-order valence-electron chi connectivity index (χ3n) is 10.0. The van der Waals surface area contributed by atoms with Crippen LogP contribution < -0.4 is 15.0 Å². The van der Waals surface area contributed by atoms with Crippen molar-refractivity contribution < 1.29 is 18.6 Å². The van der Waals surface area contributed by atoms with E-state index in [2.05, 4.69) is 20.1 Å². The molecular formula is C31H34ClF2N5O2. The van der Waals surface area contributed by atoms with Crippen molar-refractivity contribution in [3.05, 3.63) is 40.4 Å².